The number of nitro groups is 1. The summed E-state index contributed by atoms with van der Waals surface area (Å²) in [6, 6.07) is 10.4. The maximum atomic E-state index is 12.3. The Kier molecular flexibility index (Phi) is 4.29. The van der Waals surface area contributed by atoms with Crippen LogP contribution in [-0.4, -0.2) is 13.3 Å². The summed E-state index contributed by atoms with van der Waals surface area (Å²) in [7, 11) is -4.05. The second kappa shape index (κ2) is 5.82. The van der Waals surface area contributed by atoms with Crippen LogP contribution < -0.4 is 4.72 Å². The van der Waals surface area contributed by atoms with Crippen molar-refractivity contribution in [3.63, 3.8) is 0 Å². The van der Waals surface area contributed by atoms with Crippen LogP contribution in [0.15, 0.2) is 51.8 Å². The highest BCUT2D eigenvalue weighted by Crippen LogP contribution is 2.28. The number of aryl methyl sites for hydroxylation is 1. The number of nitrogens with zero attached hydrogens (tertiary/aromatic N) is 1. The largest absolute Gasteiger partial charge is 0.289 e. The molecule has 6 nitrogen and oxygen atoms in total. The van der Waals surface area contributed by atoms with Crippen LogP contribution in [0.4, 0.5) is 11.4 Å². The molecule has 8 heteroatoms. The van der Waals surface area contributed by atoms with Gasteiger partial charge in [0, 0.05) is 16.2 Å². The number of halogens is 1. The van der Waals surface area contributed by atoms with Crippen LogP contribution >= 0.6 is 15.9 Å². The van der Waals surface area contributed by atoms with E-state index in [4.69, 9.17) is 0 Å². The van der Waals surface area contributed by atoms with Crippen molar-refractivity contribution < 1.29 is 13.3 Å². The normalized spacial score (nSPS) is 11.1. The SMILES string of the molecule is Cc1ccc(NS(=O)(=O)c2cc(Br)ccc2[N+](=O)[O-])cc1. The van der Waals surface area contributed by atoms with Crippen molar-refractivity contribution in [2.75, 3.05) is 4.72 Å². The van der Waals surface area contributed by atoms with E-state index in [0.29, 0.717) is 10.2 Å². The Hall–Kier alpha value is -1.93. The van der Waals surface area contributed by atoms with Gasteiger partial charge in [-0.2, -0.15) is 0 Å². The van der Waals surface area contributed by atoms with Crippen molar-refractivity contribution in [1.29, 1.82) is 0 Å². The van der Waals surface area contributed by atoms with Crippen molar-refractivity contribution in [2.45, 2.75) is 11.8 Å². The fourth-order valence-corrected chi connectivity index (χ4v) is 3.45. The molecule has 2 aromatic rings. The lowest BCUT2D eigenvalue weighted by atomic mass is 10.2. The van der Waals surface area contributed by atoms with Gasteiger partial charge in [-0.05, 0) is 31.2 Å². The smallest absolute Gasteiger partial charge is 0.279 e. The first kappa shape index (κ1) is 15.5. The fourth-order valence-electron chi connectivity index (χ4n) is 1.69. The average Bonchev–Trinajstić information content (AvgIpc) is 2.41. The molecular formula is C13H11BrN2O4S. The molecule has 0 unspecified atom stereocenters. The summed E-state index contributed by atoms with van der Waals surface area (Å²) in [5.74, 6) is 0. The van der Waals surface area contributed by atoms with Crippen LogP contribution in [0.1, 0.15) is 5.56 Å². The topological polar surface area (TPSA) is 89.3 Å². The van der Waals surface area contributed by atoms with E-state index in [-0.39, 0.29) is 4.90 Å². The first-order valence-electron chi connectivity index (χ1n) is 5.83. The van der Waals surface area contributed by atoms with Crippen molar-refractivity contribution >= 4 is 37.3 Å². The van der Waals surface area contributed by atoms with Gasteiger partial charge < -0.3 is 0 Å². The van der Waals surface area contributed by atoms with Gasteiger partial charge in [0.2, 0.25) is 0 Å². The molecule has 0 heterocycles. The van der Waals surface area contributed by atoms with Crippen molar-refractivity contribution in [1.82, 2.24) is 0 Å². The van der Waals surface area contributed by atoms with Crippen molar-refractivity contribution in [3.05, 3.63) is 62.6 Å². The zero-order valence-electron chi connectivity index (χ0n) is 10.9. The van der Waals surface area contributed by atoms with Gasteiger partial charge in [0.25, 0.3) is 15.7 Å². The highest BCUT2D eigenvalue weighted by Gasteiger charge is 2.26. The molecule has 0 fully saturated rings. The number of rotatable bonds is 4. The van der Waals surface area contributed by atoms with Gasteiger partial charge in [0.1, 0.15) is 0 Å². The Morgan fingerprint density at radius 1 is 1.14 bits per heavy atom. The van der Waals surface area contributed by atoms with Gasteiger partial charge in [-0.15, -0.1) is 0 Å². The third-order valence-corrected chi connectivity index (χ3v) is 4.62. The van der Waals surface area contributed by atoms with E-state index >= 15 is 0 Å². The molecule has 1 N–H and O–H groups in total. The molecule has 0 aliphatic heterocycles. The number of anilines is 1. The monoisotopic (exact) mass is 370 g/mol. The average molecular weight is 371 g/mol. The third-order valence-electron chi connectivity index (χ3n) is 2.71. The Labute approximate surface area is 130 Å². The number of nitro benzene ring substituents is 1. The summed E-state index contributed by atoms with van der Waals surface area (Å²) in [5.41, 5.74) is 0.846. The number of sulfonamides is 1. The predicted octanol–water partition coefficient (Wildman–Crippen LogP) is 3.47. The van der Waals surface area contributed by atoms with Crippen LogP contribution in [0.25, 0.3) is 0 Å². The standard InChI is InChI=1S/C13H11BrN2O4S/c1-9-2-5-11(6-3-9)15-21(19,20)13-8-10(14)4-7-12(13)16(17)18/h2-8,15H,1H3. The second-order valence-electron chi connectivity index (χ2n) is 4.34. The van der Waals surface area contributed by atoms with Crippen LogP contribution in [0.5, 0.6) is 0 Å². The molecule has 0 atom stereocenters. The molecule has 2 aromatic carbocycles. The fraction of sp³-hybridized carbons (Fsp3) is 0.0769. The molecule has 2 rings (SSSR count). The molecule has 0 saturated heterocycles. The number of nitrogens with one attached hydrogen (secondary N) is 1. The minimum Gasteiger partial charge on any atom is -0.279 e. The van der Waals surface area contributed by atoms with Gasteiger partial charge in [-0.25, -0.2) is 8.42 Å². The van der Waals surface area contributed by atoms with E-state index in [1.54, 1.807) is 24.3 Å². The molecule has 0 bridgehead atoms. The van der Waals surface area contributed by atoms with Gasteiger partial charge in [-0.3, -0.25) is 14.8 Å². The molecule has 0 aliphatic carbocycles. The number of hydrogen-bond donors (Lipinski definition) is 1. The van der Waals surface area contributed by atoms with E-state index in [1.165, 1.54) is 12.1 Å². The van der Waals surface area contributed by atoms with Crippen LogP contribution in [0.3, 0.4) is 0 Å². The van der Waals surface area contributed by atoms with Gasteiger partial charge in [-0.1, -0.05) is 33.6 Å². The van der Waals surface area contributed by atoms with Crippen LogP contribution in [0, 0.1) is 17.0 Å². The summed E-state index contributed by atoms with van der Waals surface area (Å²) < 4.78 is 27.4. The van der Waals surface area contributed by atoms with E-state index in [0.717, 1.165) is 11.6 Å². The Morgan fingerprint density at radius 3 is 2.33 bits per heavy atom. The molecule has 0 saturated carbocycles. The zero-order valence-corrected chi connectivity index (χ0v) is 13.3. The third kappa shape index (κ3) is 3.59. The lowest BCUT2D eigenvalue weighted by Crippen LogP contribution is -2.14. The lowest BCUT2D eigenvalue weighted by molar-refractivity contribution is -0.387. The molecule has 0 spiro atoms. The summed E-state index contributed by atoms with van der Waals surface area (Å²) in [6.45, 7) is 1.87. The van der Waals surface area contributed by atoms with Crippen molar-refractivity contribution in [2.24, 2.45) is 0 Å². The first-order valence-corrected chi connectivity index (χ1v) is 8.10. The second-order valence-corrected chi connectivity index (χ2v) is 6.91. The van der Waals surface area contributed by atoms with Gasteiger partial charge >= 0.3 is 0 Å². The maximum Gasteiger partial charge on any atom is 0.289 e. The first-order chi connectivity index (χ1) is 9.79. The minimum absolute atomic E-state index is 0.342. The summed E-state index contributed by atoms with van der Waals surface area (Å²) in [5, 5.41) is 11.0. The zero-order chi connectivity index (χ0) is 15.6. The highest BCUT2D eigenvalue weighted by molar-refractivity contribution is 9.10. The van der Waals surface area contributed by atoms with E-state index in [9.17, 15) is 18.5 Å². The van der Waals surface area contributed by atoms with Gasteiger partial charge in [0.15, 0.2) is 4.90 Å². The van der Waals surface area contributed by atoms with E-state index in [1.807, 2.05) is 6.92 Å². The predicted molar refractivity (Wildman–Crippen MR) is 82.8 cm³/mol. The summed E-state index contributed by atoms with van der Waals surface area (Å²) in [6.07, 6.45) is 0. The Morgan fingerprint density at radius 2 is 1.76 bits per heavy atom. The quantitative estimate of drug-likeness (QED) is 0.658. The maximum absolute atomic E-state index is 12.3. The van der Waals surface area contributed by atoms with Gasteiger partial charge in [0.05, 0.1) is 4.92 Å². The molecule has 110 valence electrons. The number of hydrogen-bond acceptors (Lipinski definition) is 4. The minimum atomic E-state index is -4.05. The molecule has 0 radical (unpaired) electrons. The molecule has 0 aliphatic rings. The summed E-state index contributed by atoms with van der Waals surface area (Å²) in [4.78, 5) is 9.86. The Balaban J connectivity index is 2.46. The Bertz CT molecular complexity index is 788. The van der Waals surface area contributed by atoms with Crippen LogP contribution in [0.2, 0.25) is 0 Å². The lowest BCUT2D eigenvalue weighted by Gasteiger charge is -2.09. The molecule has 0 amide bonds. The molecule has 0 aromatic heterocycles. The van der Waals surface area contributed by atoms with Crippen molar-refractivity contribution in [3.8, 4) is 0 Å². The molecular weight excluding hydrogens is 360 g/mol. The number of benzene rings is 2. The summed E-state index contributed by atoms with van der Waals surface area (Å²) >= 11 is 3.12. The van der Waals surface area contributed by atoms with Crippen LogP contribution in [-0.2, 0) is 10.0 Å². The molecule has 21 heavy (non-hydrogen) atoms. The highest BCUT2D eigenvalue weighted by atomic mass is 79.9. The van der Waals surface area contributed by atoms with E-state index < -0.39 is 20.6 Å². The van der Waals surface area contributed by atoms with E-state index in [2.05, 4.69) is 20.7 Å².